The minimum Gasteiger partial charge on any atom is -0.482 e. The Morgan fingerprint density at radius 3 is 2.71 bits per heavy atom. The maximum Gasteiger partial charge on any atom is 0.264 e. The number of halogens is 4. The molecule has 3 rings (SSSR count). The molecule has 0 unspecified atom stereocenters. The molecule has 1 N–H and O–H groups in total. The van der Waals surface area contributed by atoms with Crippen molar-refractivity contribution < 1.29 is 13.9 Å². The normalized spacial score (nSPS) is 10.8. The van der Waals surface area contributed by atoms with Crippen LogP contribution in [-0.2, 0) is 4.79 Å². The SMILES string of the molecule is O=C(COc1cc(Cl)c(Cl)cc1Cl)Nc1nc2ccc(F)cc2s1. The molecular formula is C15H8Cl3FN2O2S. The molecule has 0 aliphatic heterocycles. The predicted octanol–water partition coefficient (Wildman–Crippen LogP) is 5.41. The second-order valence-corrected chi connectivity index (χ2v) is 6.92. The second kappa shape index (κ2) is 7.11. The monoisotopic (exact) mass is 404 g/mol. The number of ether oxygens (including phenoxy) is 1. The molecule has 4 nitrogen and oxygen atoms in total. The number of rotatable bonds is 4. The maximum absolute atomic E-state index is 13.2. The van der Waals surface area contributed by atoms with Crippen molar-refractivity contribution in [3.63, 3.8) is 0 Å². The molecule has 0 fully saturated rings. The lowest BCUT2D eigenvalue weighted by atomic mass is 10.3. The van der Waals surface area contributed by atoms with Gasteiger partial charge in [0.25, 0.3) is 5.91 Å². The van der Waals surface area contributed by atoms with Gasteiger partial charge in [0.2, 0.25) is 0 Å². The Balaban J connectivity index is 1.66. The summed E-state index contributed by atoms with van der Waals surface area (Å²) in [6.07, 6.45) is 0. The highest BCUT2D eigenvalue weighted by molar-refractivity contribution is 7.22. The molecule has 0 bridgehead atoms. The zero-order chi connectivity index (χ0) is 17.3. The molecule has 3 aromatic rings. The summed E-state index contributed by atoms with van der Waals surface area (Å²) in [5, 5.41) is 3.74. The quantitative estimate of drug-likeness (QED) is 0.590. The van der Waals surface area contributed by atoms with E-state index in [0.717, 1.165) is 0 Å². The van der Waals surface area contributed by atoms with Gasteiger partial charge in [-0.1, -0.05) is 46.1 Å². The molecule has 0 saturated heterocycles. The molecule has 0 spiro atoms. The summed E-state index contributed by atoms with van der Waals surface area (Å²) in [6.45, 7) is -0.290. The smallest absolute Gasteiger partial charge is 0.264 e. The van der Waals surface area contributed by atoms with Crippen molar-refractivity contribution in [3.8, 4) is 5.75 Å². The van der Waals surface area contributed by atoms with Crippen LogP contribution in [0.3, 0.4) is 0 Å². The van der Waals surface area contributed by atoms with E-state index in [-0.39, 0.29) is 28.2 Å². The zero-order valence-corrected chi connectivity index (χ0v) is 14.9. The van der Waals surface area contributed by atoms with E-state index in [1.165, 1.54) is 35.6 Å². The summed E-state index contributed by atoms with van der Waals surface area (Å²) >= 11 is 18.8. The van der Waals surface area contributed by atoms with E-state index in [1.54, 1.807) is 6.07 Å². The average molecular weight is 406 g/mol. The van der Waals surface area contributed by atoms with Crippen LogP contribution in [0.1, 0.15) is 0 Å². The summed E-state index contributed by atoms with van der Waals surface area (Å²) in [5.41, 5.74) is 0.602. The van der Waals surface area contributed by atoms with Gasteiger partial charge in [-0.2, -0.15) is 0 Å². The molecule has 0 saturated carbocycles. The molecule has 1 heterocycles. The minimum absolute atomic E-state index is 0.243. The Kier molecular flexibility index (Phi) is 5.10. The molecule has 24 heavy (non-hydrogen) atoms. The lowest BCUT2D eigenvalue weighted by molar-refractivity contribution is -0.118. The molecule has 0 aliphatic rings. The molecule has 1 aromatic heterocycles. The van der Waals surface area contributed by atoms with E-state index in [2.05, 4.69) is 10.3 Å². The highest BCUT2D eigenvalue weighted by Crippen LogP contribution is 2.34. The number of aromatic nitrogens is 1. The van der Waals surface area contributed by atoms with Crippen molar-refractivity contribution in [3.05, 3.63) is 51.2 Å². The van der Waals surface area contributed by atoms with Crippen molar-refractivity contribution >= 4 is 67.4 Å². The first kappa shape index (κ1) is 17.2. The number of hydrogen-bond acceptors (Lipinski definition) is 4. The zero-order valence-electron chi connectivity index (χ0n) is 11.8. The highest BCUT2D eigenvalue weighted by atomic mass is 35.5. The van der Waals surface area contributed by atoms with Crippen LogP contribution in [0.5, 0.6) is 5.75 Å². The molecule has 9 heteroatoms. The largest absolute Gasteiger partial charge is 0.482 e. The summed E-state index contributed by atoms with van der Waals surface area (Å²) in [5.74, 6) is -0.550. The number of thiazole rings is 1. The summed E-state index contributed by atoms with van der Waals surface area (Å²) in [6, 6.07) is 7.07. The number of amides is 1. The third kappa shape index (κ3) is 3.89. The number of fused-ring (bicyclic) bond motifs is 1. The van der Waals surface area contributed by atoms with Crippen LogP contribution < -0.4 is 10.1 Å². The lowest BCUT2D eigenvalue weighted by Gasteiger charge is -2.08. The van der Waals surface area contributed by atoms with E-state index in [0.29, 0.717) is 20.4 Å². The summed E-state index contributed by atoms with van der Waals surface area (Å²) < 4.78 is 19.1. The van der Waals surface area contributed by atoms with E-state index in [4.69, 9.17) is 39.5 Å². The number of nitrogens with zero attached hydrogens (tertiary/aromatic N) is 1. The van der Waals surface area contributed by atoms with Crippen LogP contribution >= 0.6 is 46.1 Å². The molecule has 1 amide bonds. The van der Waals surface area contributed by atoms with Crippen LogP contribution in [0.25, 0.3) is 10.2 Å². The van der Waals surface area contributed by atoms with Crippen molar-refractivity contribution in [1.29, 1.82) is 0 Å². The van der Waals surface area contributed by atoms with Gasteiger partial charge in [0, 0.05) is 6.07 Å². The Hall–Kier alpha value is -1.60. The first-order chi connectivity index (χ1) is 11.4. The van der Waals surface area contributed by atoms with Gasteiger partial charge in [0.05, 0.1) is 25.3 Å². The van der Waals surface area contributed by atoms with Crippen molar-refractivity contribution in [2.75, 3.05) is 11.9 Å². The minimum atomic E-state index is -0.434. The van der Waals surface area contributed by atoms with Crippen LogP contribution in [0.4, 0.5) is 9.52 Å². The summed E-state index contributed by atoms with van der Waals surface area (Å²) in [4.78, 5) is 16.1. The van der Waals surface area contributed by atoms with E-state index < -0.39 is 5.91 Å². The van der Waals surface area contributed by atoms with Crippen molar-refractivity contribution in [2.45, 2.75) is 0 Å². The Bertz CT molecular complexity index is 932. The topological polar surface area (TPSA) is 51.2 Å². The van der Waals surface area contributed by atoms with E-state index >= 15 is 0 Å². The number of benzene rings is 2. The Morgan fingerprint density at radius 1 is 1.17 bits per heavy atom. The maximum atomic E-state index is 13.2. The number of carbonyl (C=O) groups excluding carboxylic acids is 1. The third-order valence-corrected chi connectivity index (χ3v) is 4.88. The van der Waals surface area contributed by atoms with Crippen molar-refractivity contribution in [2.24, 2.45) is 0 Å². The van der Waals surface area contributed by atoms with Crippen LogP contribution in [-0.4, -0.2) is 17.5 Å². The van der Waals surface area contributed by atoms with E-state index in [9.17, 15) is 9.18 Å². The average Bonchev–Trinajstić information content (AvgIpc) is 2.90. The molecule has 0 radical (unpaired) electrons. The molecule has 124 valence electrons. The third-order valence-electron chi connectivity index (χ3n) is 2.93. The second-order valence-electron chi connectivity index (χ2n) is 4.66. The first-order valence-corrected chi connectivity index (χ1v) is 8.50. The predicted molar refractivity (Wildman–Crippen MR) is 95.2 cm³/mol. The molecule has 0 atom stereocenters. The standard InChI is InChI=1S/C15H8Cl3FN2O2S/c16-8-4-10(18)12(5-9(8)17)23-6-14(22)21-15-20-11-2-1-7(19)3-13(11)24-15/h1-5H,6H2,(H,20,21,22). The molecular weight excluding hydrogens is 398 g/mol. The molecule has 0 aliphatic carbocycles. The Morgan fingerprint density at radius 2 is 1.92 bits per heavy atom. The summed E-state index contributed by atoms with van der Waals surface area (Å²) in [7, 11) is 0. The van der Waals surface area contributed by atoms with Gasteiger partial charge in [-0.05, 0) is 24.3 Å². The van der Waals surface area contributed by atoms with Gasteiger partial charge in [-0.3, -0.25) is 10.1 Å². The van der Waals surface area contributed by atoms with Gasteiger partial charge < -0.3 is 4.74 Å². The van der Waals surface area contributed by atoms with Gasteiger partial charge >= 0.3 is 0 Å². The molecule has 2 aromatic carbocycles. The van der Waals surface area contributed by atoms with E-state index in [1.807, 2.05) is 0 Å². The van der Waals surface area contributed by atoms with Gasteiger partial charge in [0.1, 0.15) is 11.6 Å². The number of anilines is 1. The fraction of sp³-hybridized carbons (Fsp3) is 0.0667. The highest BCUT2D eigenvalue weighted by Gasteiger charge is 2.12. The number of nitrogens with one attached hydrogen (secondary N) is 1. The van der Waals surface area contributed by atoms with Gasteiger partial charge in [0.15, 0.2) is 11.7 Å². The fourth-order valence-corrected chi connectivity index (χ4v) is 3.36. The van der Waals surface area contributed by atoms with Crippen LogP contribution in [0, 0.1) is 5.82 Å². The van der Waals surface area contributed by atoms with Crippen molar-refractivity contribution in [1.82, 2.24) is 4.98 Å². The van der Waals surface area contributed by atoms with Gasteiger partial charge in [-0.15, -0.1) is 0 Å². The Labute approximate surface area is 155 Å². The van der Waals surface area contributed by atoms with Crippen LogP contribution in [0.15, 0.2) is 30.3 Å². The van der Waals surface area contributed by atoms with Crippen LogP contribution in [0.2, 0.25) is 15.1 Å². The number of hydrogen-bond donors (Lipinski definition) is 1. The fourth-order valence-electron chi connectivity index (χ4n) is 1.87. The first-order valence-electron chi connectivity index (χ1n) is 6.55. The van der Waals surface area contributed by atoms with Gasteiger partial charge in [-0.25, -0.2) is 9.37 Å². The number of carbonyl (C=O) groups is 1. The lowest BCUT2D eigenvalue weighted by Crippen LogP contribution is -2.20.